The average Bonchev–Trinajstić information content (AvgIpc) is 2.84. The van der Waals surface area contributed by atoms with Crippen LogP contribution in [0.2, 0.25) is 0 Å². The van der Waals surface area contributed by atoms with Gasteiger partial charge in [-0.05, 0) is 94.0 Å². The van der Waals surface area contributed by atoms with Crippen molar-refractivity contribution >= 4 is 17.5 Å². The zero-order valence-electron chi connectivity index (χ0n) is 21.7. The lowest BCUT2D eigenvalue weighted by atomic mass is 9.67. The van der Waals surface area contributed by atoms with E-state index in [4.69, 9.17) is 4.98 Å². The van der Waals surface area contributed by atoms with Crippen molar-refractivity contribution < 1.29 is 18.3 Å². The molecule has 3 N–H and O–H groups in total. The molecule has 0 radical (unpaired) electrons. The lowest BCUT2D eigenvalue weighted by Crippen LogP contribution is -2.51. The number of aromatic nitrogens is 2. The fraction of sp³-hybridized carbons (Fsp3) is 0.643. The summed E-state index contributed by atoms with van der Waals surface area (Å²) in [7, 11) is 0. The van der Waals surface area contributed by atoms with E-state index in [0.717, 1.165) is 75.1 Å². The Morgan fingerprint density at radius 3 is 2.38 bits per heavy atom. The fourth-order valence-electron chi connectivity index (χ4n) is 6.23. The van der Waals surface area contributed by atoms with E-state index in [1.165, 1.54) is 18.9 Å². The summed E-state index contributed by atoms with van der Waals surface area (Å²) in [6, 6.07) is 5.98. The van der Waals surface area contributed by atoms with Crippen LogP contribution in [-0.4, -0.2) is 51.3 Å². The summed E-state index contributed by atoms with van der Waals surface area (Å²) in [4.78, 5) is 11.9. The summed E-state index contributed by atoms with van der Waals surface area (Å²) in [6.07, 6.45) is 5.01. The van der Waals surface area contributed by atoms with Crippen molar-refractivity contribution in [2.45, 2.75) is 95.5 Å². The Balaban J connectivity index is 1.32. The SMILES string of the molecule is CC1(C)CC(N2CCC(c3cnc(Nc4cccc(C(F)(F)F)c4)nc3N[C@H]3CC[C@H](O)CC3)CC2)C1. The van der Waals surface area contributed by atoms with Gasteiger partial charge in [-0.1, -0.05) is 19.9 Å². The third-order valence-corrected chi connectivity index (χ3v) is 8.36. The van der Waals surface area contributed by atoms with Crippen LogP contribution >= 0.6 is 0 Å². The molecule has 0 atom stereocenters. The van der Waals surface area contributed by atoms with Crippen molar-refractivity contribution in [3.05, 3.63) is 41.6 Å². The number of alkyl halides is 3. The van der Waals surface area contributed by atoms with Crippen LogP contribution in [-0.2, 0) is 6.18 Å². The van der Waals surface area contributed by atoms with Crippen LogP contribution in [0.15, 0.2) is 30.5 Å². The first-order chi connectivity index (χ1) is 17.6. The predicted octanol–water partition coefficient (Wildman–Crippen LogP) is 6.32. The minimum absolute atomic E-state index is 0.204. The Bertz CT molecular complexity index is 1070. The highest BCUT2D eigenvalue weighted by atomic mass is 19.4. The number of benzene rings is 1. The van der Waals surface area contributed by atoms with Crippen molar-refractivity contribution in [1.29, 1.82) is 0 Å². The maximum Gasteiger partial charge on any atom is 0.416 e. The molecule has 1 aromatic heterocycles. The Morgan fingerprint density at radius 2 is 1.73 bits per heavy atom. The molecule has 37 heavy (non-hydrogen) atoms. The molecule has 0 unspecified atom stereocenters. The molecule has 0 amide bonds. The van der Waals surface area contributed by atoms with E-state index in [9.17, 15) is 18.3 Å². The van der Waals surface area contributed by atoms with Crippen LogP contribution in [0.4, 0.5) is 30.6 Å². The molecule has 2 aromatic rings. The minimum Gasteiger partial charge on any atom is -0.393 e. The summed E-state index contributed by atoms with van der Waals surface area (Å²) in [5, 5.41) is 16.5. The molecule has 1 aromatic carbocycles. The minimum atomic E-state index is -4.41. The number of hydrogen-bond acceptors (Lipinski definition) is 6. The summed E-state index contributed by atoms with van der Waals surface area (Å²) in [5.74, 6) is 1.37. The maximum atomic E-state index is 13.2. The van der Waals surface area contributed by atoms with Gasteiger partial charge in [-0.3, -0.25) is 0 Å². The number of piperidine rings is 1. The second kappa shape index (κ2) is 10.4. The lowest BCUT2D eigenvalue weighted by Gasteiger charge is -2.50. The summed E-state index contributed by atoms with van der Waals surface area (Å²) < 4.78 is 39.5. The Labute approximate surface area is 217 Å². The van der Waals surface area contributed by atoms with E-state index < -0.39 is 11.7 Å². The highest BCUT2D eigenvalue weighted by molar-refractivity contribution is 5.58. The molecular formula is C28H38F3N5O. The first-order valence-corrected chi connectivity index (χ1v) is 13.6. The smallest absolute Gasteiger partial charge is 0.393 e. The number of aliphatic hydroxyl groups is 1. The number of anilines is 3. The fourth-order valence-corrected chi connectivity index (χ4v) is 6.23. The highest BCUT2D eigenvalue weighted by Crippen LogP contribution is 2.44. The lowest BCUT2D eigenvalue weighted by molar-refractivity contribution is -0.137. The molecule has 1 saturated heterocycles. The van der Waals surface area contributed by atoms with Gasteiger partial charge in [0.2, 0.25) is 5.95 Å². The second-order valence-corrected chi connectivity index (χ2v) is 11.9. The van der Waals surface area contributed by atoms with Crippen LogP contribution in [0.25, 0.3) is 0 Å². The largest absolute Gasteiger partial charge is 0.416 e. The number of nitrogens with zero attached hydrogens (tertiary/aromatic N) is 3. The van der Waals surface area contributed by atoms with Crippen LogP contribution in [0.1, 0.15) is 82.3 Å². The summed E-state index contributed by atoms with van der Waals surface area (Å²) in [6.45, 7) is 6.80. The summed E-state index contributed by atoms with van der Waals surface area (Å²) >= 11 is 0. The molecule has 2 heterocycles. The van der Waals surface area contributed by atoms with Gasteiger partial charge < -0.3 is 20.6 Å². The Kier molecular flexibility index (Phi) is 7.38. The van der Waals surface area contributed by atoms with E-state index in [1.54, 1.807) is 6.07 Å². The molecule has 2 saturated carbocycles. The van der Waals surface area contributed by atoms with Crippen molar-refractivity contribution in [2.24, 2.45) is 5.41 Å². The van der Waals surface area contributed by atoms with Gasteiger partial charge >= 0.3 is 6.18 Å². The van der Waals surface area contributed by atoms with E-state index in [0.29, 0.717) is 23.1 Å². The first-order valence-electron chi connectivity index (χ1n) is 13.6. The zero-order chi connectivity index (χ0) is 26.2. The van der Waals surface area contributed by atoms with Crippen molar-refractivity contribution in [2.75, 3.05) is 23.7 Å². The van der Waals surface area contributed by atoms with Crippen molar-refractivity contribution in [3.63, 3.8) is 0 Å². The van der Waals surface area contributed by atoms with Gasteiger partial charge in [0, 0.05) is 29.5 Å². The van der Waals surface area contributed by atoms with Crippen LogP contribution < -0.4 is 10.6 Å². The number of aliphatic hydroxyl groups excluding tert-OH is 1. The van der Waals surface area contributed by atoms with Gasteiger partial charge in [0.1, 0.15) is 5.82 Å². The quantitative estimate of drug-likeness (QED) is 0.416. The van der Waals surface area contributed by atoms with E-state index in [1.807, 2.05) is 6.20 Å². The number of nitrogens with one attached hydrogen (secondary N) is 2. The standard InChI is InChI=1S/C28H38F3N5O/c1-27(2)15-22(16-27)36-12-10-18(11-13-36)24-17-32-26(34-21-5-3-4-19(14-21)28(29,30)31)35-25(24)33-20-6-8-23(37)9-7-20/h3-5,14,17-18,20,22-23,37H,6-13,15-16H2,1-2H3,(H2,32,33,34,35)/t20-,23-. The van der Waals surface area contributed by atoms with Gasteiger partial charge in [-0.15, -0.1) is 0 Å². The van der Waals surface area contributed by atoms with Gasteiger partial charge in [0.05, 0.1) is 11.7 Å². The zero-order valence-corrected chi connectivity index (χ0v) is 21.7. The third kappa shape index (κ3) is 6.37. The van der Waals surface area contributed by atoms with Crippen molar-refractivity contribution in [3.8, 4) is 0 Å². The normalized spacial score (nSPS) is 25.5. The monoisotopic (exact) mass is 517 g/mol. The molecule has 2 aliphatic carbocycles. The topological polar surface area (TPSA) is 73.3 Å². The van der Waals surface area contributed by atoms with Gasteiger partial charge in [-0.25, -0.2) is 4.98 Å². The molecular weight excluding hydrogens is 479 g/mol. The average molecular weight is 518 g/mol. The van der Waals surface area contributed by atoms with Gasteiger partial charge in [0.25, 0.3) is 0 Å². The molecule has 9 heteroatoms. The molecule has 0 bridgehead atoms. The molecule has 0 spiro atoms. The molecule has 5 rings (SSSR count). The highest BCUT2D eigenvalue weighted by Gasteiger charge is 2.40. The van der Waals surface area contributed by atoms with E-state index >= 15 is 0 Å². The Hall–Kier alpha value is -2.39. The molecule has 3 aliphatic rings. The first kappa shape index (κ1) is 26.2. The maximum absolute atomic E-state index is 13.2. The van der Waals surface area contributed by atoms with Crippen LogP contribution in [0.3, 0.4) is 0 Å². The molecule has 3 fully saturated rings. The molecule has 1 aliphatic heterocycles. The van der Waals surface area contributed by atoms with E-state index in [2.05, 4.69) is 34.4 Å². The molecule has 202 valence electrons. The summed E-state index contributed by atoms with van der Waals surface area (Å²) in [5.41, 5.74) is 1.12. The van der Waals surface area contributed by atoms with E-state index in [-0.39, 0.29) is 18.1 Å². The number of hydrogen-bond donors (Lipinski definition) is 3. The molecule has 6 nitrogen and oxygen atoms in total. The predicted molar refractivity (Wildman–Crippen MR) is 139 cm³/mol. The third-order valence-electron chi connectivity index (χ3n) is 8.36. The van der Waals surface area contributed by atoms with Crippen LogP contribution in [0, 0.1) is 5.41 Å². The number of likely N-dealkylation sites (tertiary alicyclic amines) is 1. The number of rotatable bonds is 6. The second-order valence-electron chi connectivity index (χ2n) is 11.9. The Morgan fingerprint density at radius 1 is 1.03 bits per heavy atom. The van der Waals surface area contributed by atoms with Gasteiger partial charge in [-0.2, -0.15) is 18.2 Å². The van der Waals surface area contributed by atoms with Crippen molar-refractivity contribution in [1.82, 2.24) is 14.9 Å². The number of halogens is 3. The van der Waals surface area contributed by atoms with Gasteiger partial charge in [0.15, 0.2) is 0 Å². The van der Waals surface area contributed by atoms with Crippen LogP contribution in [0.5, 0.6) is 0 Å².